The van der Waals surface area contributed by atoms with E-state index in [0.717, 1.165) is 11.1 Å². The molecule has 31 heavy (non-hydrogen) atoms. The van der Waals surface area contributed by atoms with Gasteiger partial charge in [-0.25, -0.2) is 0 Å². The van der Waals surface area contributed by atoms with Gasteiger partial charge in [-0.2, -0.15) is 0 Å². The summed E-state index contributed by atoms with van der Waals surface area (Å²) in [5, 5.41) is 24.6. The molecule has 0 bridgehead atoms. The first kappa shape index (κ1) is 26.6. The highest BCUT2D eigenvalue weighted by Gasteiger charge is 2.16. The molecule has 4 N–H and O–H groups in total. The first-order chi connectivity index (χ1) is 14.7. The molecule has 0 aliphatic carbocycles. The Labute approximate surface area is 189 Å². The van der Waals surface area contributed by atoms with E-state index in [9.17, 15) is 19.8 Å². The van der Waals surface area contributed by atoms with E-state index in [2.05, 4.69) is 10.6 Å². The molecular formula is C24H33ClN2O4. The molecule has 2 rings (SSSR count). The molecule has 2 aromatic carbocycles. The van der Waals surface area contributed by atoms with Gasteiger partial charge in [-0.3, -0.25) is 9.59 Å². The average molecular weight is 449 g/mol. The summed E-state index contributed by atoms with van der Waals surface area (Å²) in [6, 6.07) is 15.9. The van der Waals surface area contributed by atoms with Crippen molar-refractivity contribution in [2.75, 3.05) is 13.2 Å². The predicted octanol–water partition coefficient (Wildman–Crippen LogP) is 3.64. The van der Waals surface area contributed by atoms with Gasteiger partial charge < -0.3 is 20.8 Å². The third kappa shape index (κ3) is 9.51. The van der Waals surface area contributed by atoms with Crippen molar-refractivity contribution < 1.29 is 19.8 Å². The van der Waals surface area contributed by atoms with Gasteiger partial charge in [0.1, 0.15) is 0 Å². The summed E-state index contributed by atoms with van der Waals surface area (Å²) in [5.74, 6) is -0.281. The third-order valence-electron chi connectivity index (χ3n) is 4.52. The van der Waals surface area contributed by atoms with E-state index in [4.69, 9.17) is 11.6 Å². The van der Waals surface area contributed by atoms with Gasteiger partial charge in [-0.1, -0.05) is 81.8 Å². The largest absolute Gasteiger partial charge is 0.394 e. The summed E-state index contributed by atoms with van der Waals surface area (Å²) < 4.78 is 0. The van der Waals surface area contributed by atoms with E-state index in [1.165, 1.54) is 0 Å². The number of rotatable bonds is 8. The van der Waals surface area contributed by atoms with Gasteiger partial charge >= 0.3 is 0 Å². The Kier molecular flexibility index (Phi) is 11.9. The van der Waals surface area contributed by atoms with E-state index >= 15 is 0 Å². The Balaban J connectivity index is 0.000000311. The van der Waals surface area contributed by atoms with Crippen molar-refractivity contribution in [1.29, 1.82) is 0 Å². The second-order valence-electron chi connectivity index (χ2n) is 7.76. The number of amides is 2. The van der Waals surface area contributed by atoms with Gasteiger partial charge in [-0.05, 0) is 23.3 Å². The molecule has 2 amide bonds. The maximum atomic E-state index is 11.5. The van der Waals surface area contributed by atoms with Crippen LogP contribution in [-0.2, 0) is 9.59 Å². The fourth-order valence-corrected chi connectivity index (χ4v) is 2.65. The maximum absolute atomic E-state index is 11.5. The lowest BCUT2D eigenvalue weighted by atomic mass is 10.1. The molecule has 0 aliphatic rings. The zero-order valence-corrected chi connectivity index (χ0v) is 19.3. The van der Waals surface area contributed by atoms with Gasteiger partial charge in [0.2, 0.25) is 11.8 Å². The van der Waals surface area contributed by atoms with Crippen molar-refractivity contribution in [3.63, 3.8) is 0 Å². The molecule has 0 aliphatic heterocycles. The highest BCUT2D eigenvalue weighted by molar-refractivity contribution is 6.30. The fourth-order valence-electron chi connectivity index (χ4n) is 2.53. The van der Waals surface area contributed by atoms with Crippen molar-refractivity contribution in [2.24, 2.45) is 11.8 Å². The van der Waals surface area contributed by atoms with Gasteiger partial charge in [0.25, 0.3) is 0 Å². The van der Waals surface area contributed by atoms with Crippen molar-refractivity contribution in [1.82, 2.24) is 10.6 Å². The van der Waals surface area contributed by atoms with Crippen LogP contribution in [0.3, 0.4) is 0 Å². The number of halogens is 1. The minimum Gasteiger partial charge on any atom is -0.394 e. The molecule has 6 nitrogen and oxygen atoms in total. The van der Waals surface area contributed by atoms with Gasteiger partial charge in [0.15, 0.2) is 0 Å². The van der Waals surface area contributed by atoms with Crippen LogP contribution in [0.1, 0.15) is 50.9 Å². The van der Waals surface area contributed by atoms with E-state index in [1.807, 2.05) is 58.0 Å². The van der Waals surface area contributed by atoms with Crippen LogP contribution in [-0.4, -0.2) is 35.2 Å². The van der Waals surface area contributed by atoms with Crippen LogP contribution in [0, 0.1) is 11.8 Å². The SMILES string of the molecule is CC(C)C(=O)NC(CO)c1ccc(Cl)cc1.CC(C)C(=O)NC(CO)c1ccccc1. The summed E-state index contributed by atoms with van der Waals surface area (Å²) >= 11 is 5.77. The smallest absolute Gasteiger partial charge is 0.223 e. The van der Waals surface area contributed by atoms with Crippen LogP contribution >= 0.6 is 11.6 Å². The first-order valence-electron chi connectivity index (χ1n) is 10.3. The molecule has 0 saturated heterocycles. The topological polar surface area (TPSA) is 98.7 Å². The minimum absolute atomic E-state index is 0.0436. The molecule has 0 spiro atoms. The molecule has 2 unspecified atom stereocenters. The molecular weight excluding hydrogens is 416 g/mol. The van der Waals surface area contributed by atoms with Crippen molar-refractivity contribution >= 4 is 23.4 Å². The molecule has 0 heterocycles. The van der Waals surface area contributed by atoms with E-state index < -0.39 is 0 Å². The summed E-state index contributed by atoms with van der Waals surface area (Å²) in [7, 11) is 0. The van der Waals surface area contributed by atoms with Crippen LogP contribution < -0.4 is 10.6 Å². The molecule has 170 valence electrons. The predicted molar refractivity (Wildman–Crippen MR) is 124 cm³/mol. The van der Waals surface area contributed by atoms with Crippen LogP contribution in [0.15, 0.2) is 54.6 Å². The number of hydrogen-bond donors (Lipinski definition) is 4. The van der Waals surface area contributed by atoms with Gasteiger partial charge in [0.05, 0.1) is 25.3 Å². The molecule has 0 saturated carbocycles. The molecule has 2 aromatic rings. The zero-order chi connectivity index (χ0) is 23.4. The number of nitrogens with one attached hydrogen (secondary N) is 2. The maximum Gasteiger partial charge on any atom is 0.223 e. The third-order valence-corrected chi connectivity index (χ3v) is 4.77. The number of aliphatic hydroxyl groups excluding tert-OH is 2. The molecule has 2 atom stereocenters. The standard InChI is InChI=1S/C12H16ClNO2.C12H17NO2/c1-8(2)12(16)14-11(7-15)9-3-5-10(13)6-4-9;1-9(2)12(15)13-11(8-14)10-6-4-3-5-7-10/h3-6,8,11,15H,7H2,1-2H3,(H,14,16);3-7,9,11,14H,8H2,1-2H3,(H,13,15). The van der Waals surface area contributed by atoms with Gasteiger partial charge in [0, 0.05) is 16.9 Å². The number of carbonyl (C=O) groups excluding carboxylic acids is 2. The zero-order valence-electron chi connectivity index (χ0n) is 18.5. The number of benzene rings is 2. The van der Waals surface area contributed by atoms with Crippen LogP contribution in [0.2, 0.25) is 5.02 Å². The molecule has 0 fully saturated rings. The normalized spacial score (nSPS) is 12.5. The lowest BCUT2D eigenvalue weighted by Gasteiger charge is -2.18. The second kappa shape index (κ2) is 13.8. The number of aliphatic hydroxyl groups is 2. The molecule has 0 aromatic heterocycles. The van der Waals surface area contributed by atoms with Crippen LogP contribution in [0.25, 0.3) is 0 Å². The lowest BCUT2D eigenvalue weighted by Crippen LogP contribution is -2.33. The highest BCUT2D eigenvalue weighted by Crippen LogP contribution is 2.16. The van der Waals surface area contributed by atoms with Crippen molar-refractivity contribution in [3.05, 3.63) is 70.7 Å². The Morgan fingerprint density at radius 2 is 1.13 bits per heavy atom. The Morgan fingerprint density at radius 1 is 0.742 bits per heavy atom. The van der Waals surface area contributed by atoms with Crippen LogP contribution in [0.4, 0.5) is 0 Å². The second-order valence-corrected chi connectivity index (χ2v) is 8.20. The summed E-state index contributed by atoms with van der Waals surface area (Å²) in [6.07, 6.45) is 0. The summed E-state index contributed by atoms with van der Waals surface area (Å²) in [5.41, 5.74) is 1.77. The van der Waals surface area contributed by atoms with E-state index in [-0.39, 0.29) is 48.9 Å². The number of hydrogen-bond acceptors (Lipinski definition) is 4. The molecule has 7 heteroatoms. The van der Waals surface area contributed by atoms with Crippen LogP contribution in [0.5, 0.6) is 0 Å². The number of carbonyl (C=O) groups is 2. The fraction of sp³-hybridized carbons (Fsp3) is 0.417. The Bertz CT molecular complexity index is 795. The van der Waals surface area contributed by atoms with Gasteiger partial charge in [-0.15, -0.1) is 0 Å². The monoisotopic (exact) mass is 448 g/mol. The highest BCUT2D eigenvalue weighted by atomic mass is 35.5. The quantitative estimate of drug-likeness (QED) is 0.495. The van der Waals surface area contributed by atoms with E-state index in [0.29, 0.717) is 5.02 Å². The summed E-state index contributed by atoms with van der Waals surface area (Å²) in [4.78, 5) is 23.0. The van der Waals surface area contributed by atoms with Crippen molar-refractivity contribution in [3.8, 4) is 0 Å². The Hall–Kier alpha value is -2.41. The Morgan fingerprint density at radius 3 is 1.48 bits per heavy atom. The first-order valence-corrected chi connectivity index (χ1v) is 10.7. The summed E-state index contributed by atoms with van der Waals surface area (Å²) in [6.45, 7) is 7.07. The minimum atomic E-state index is -0.368. The lowest BCUT2D eigenvalue weighted by molar-refractivity contribution is -0.125. The average Bonchev–Trinajstić information content (AvgIpc) is 2.77. The van der Waals surface area contributed by atoms with Crippen molar-refractivity contribution in [2.45, 2.75) is 39.8 Å². The van der Waals surface area contributed by atoms with E-state index in [1.54, 1.807) is 24.3 Å². The molecule has 0 radical (unpaired) electrons.